The van der Waals surface area contributed by atoms with Gasteiger partial charge in [-0.1, -0.05) is 6.07 Å². The number of nitrogens with zero attached hydrogens (tertiary/aromatic N) is 1. The van der Waals surface area contributed by atoms with E-state index in [-0.39, 0.29) is 5.58 Å². The number of carbonyl (C=O) groups excluding carboxylic acids is 1. The number of carboxylic acid groups (broad SMARTS) is 1. The van der Waals surface area contributed by atoms with Gasteiger partial charge < -0.3 is 24.5 Å². The summed E-state index contributed by atoms with van der Waals surface area (Å²) in [6.45, 7) is 2.69. The number of amides is 1. The maximum absolute atomic E-state index is 11.3. The van der Waals surface area contributed by atoms with Crippen LogP contribution in [-0.2, 0) is 4.79 Å². The second kappa shape index (κ2) is 9.56. The van der Waals surface area contributed by atoms with Crippen LogP contribution in [0.3, 0.4) is 0 Å². The molecule has 0 radical (unpaired) electrons. The number of thiophene rings is 1. The highest BCUT2D eigenvalue weighted by Crippen LogP contribution is 2.31. The molecule has 0 atom stereocenters. The van der Waals surface area contributed by atoms with E-state index in [0.717, 1.165) is 11.4 Å². The summed E-state index contributed by atoms with van der Waals surface area (Å²) in [5.74, 6) is -0.418. The van der Waals surface area contributed by atoms with Crippen molar-refractivity contribution < 1.29 is 23.8 Å². The van der Waals surface area contributed by atoms with Crippen molar-refractivity contribution in [3.05, 3.63) is 52.4 Å². The molecule has 28 heavy (non-hydrogen) atoms. The average Bonchev–Trinajstić information content (AvgIpc) is 3.10. The van der Waals surface area contributed by atoms with Crippen molar-refractivity contribution in [3.63, 3.8) is 0 Å². The Morgan fingerprint density at radius 1 is 1.36 bits per heavy atom. The molecule has 148 valence electrons. The standard InChI is InChI=1S/C10H7NO5S.C9H13NO/c1-11(4-12)8-3-6-7(17-8)2-5(9(13)14)10(15)16-6;1-3-11-9-6-4-5-8(7-9)10-2/h2-4H,1H3,(H,13,14);4-7,10H,3H2,1-2H3. The molecule has 2 heterocycles. The van der Waals surface area contributed by atoms with Crippen LogP contribution in [0.25, 0.3) is 10.3 Å². The lowest BCUT2D eigenvalue weighted by atomic mass is 10.3. The van der Waals surface area contributed by atoms with Crippen LogP contribution < -0.4 is 20.6 Å². The number of nitrogens with one attached hydrogen (secondary N) is 1. The Balaban J connectivity index is 0.000000221. The van der Waals surface area contributed by atoms with Gasteiger partial charge in [0.15, 0.2) is 5.58 Å². The van der Waals surface area contributed by atoms with E-state index in [1.807, 2.05) is 38.2 Å². The molecule has 2 aromatic heterocycles. The van der Waals surface area contributed by atoms with Gasteiger partial charge in [-0.05, 0) is 25.1 Å². The number of ether oxygens (including phenoxy) is 1. The predicted molar refractivity (Wildman–Crippen MR) is 109 cm³/mol. The van der Waals surface area contributed by atoms with Crippen molar-refractivity contribution in [2.45, 2.75) is 6.92 Å². The fraction of sp³-hybridized carbons (Fsp3) is 0.211. The van der Waals surface area contributed by atoms with Crippen LogP contribution in [-0.4, -0.2) is 38.2 Å². The molecule has 1 aromatic carbocycles. The van der Waals surface area contributed by atoms with E-state index in [4.69, 9.17) is 14.3 Å². The van der Waals surface area contributed by atoms with Crippen LogP contribution in [0.1, 0.15) is 17.3 Å². The van der Waals surface area contributed by atoms with E-state index in [9.17, 15) is 14.4 Å². The van der Waals surface area contributed by atoms with Gasteiger partial charge in [0.2, 0.25) is 6.41 Å². The third kappa shape index (κ3) is 5.10. The molecule has 0 unspecified atom stereocenters. The highest BCUT2D eigenvalue weighted by Gasteiger charge is 2.15. The summed E-state index contributed by atoms with van der Waals surface area (Å²) < 4.78 is 10.7. The smallest absolute Gasteiger partial charge is 0.351 e. The first-order chi connectivity index (χ1) is 13.4. The van der Waals surface area contributed by atoms with Crippen molar-refractivity contribution in [2.24, 2.45) is 0 Å². The van der Waals surface area contributed by atoms with Gasteiger partial charge in [0.1, 0.15) is 16.3 Å². The van der Waals surface area contributed by atoms with Gasteiger partial charge in [-0.25, -0.2) is 9.59 Å². The first kappa shape index (κ1) is 21.0. The monoisotopic (exact) mass is 404 g/mol. The second-order valence-electron chi connectivity index (χ2n) is 5.49. The molecular formula is C19H20N2O6S. The summed E-state index contributed by atoms with van der Waals surface area (Å²) in [5, 5.41) is 12.4. The molecule has 1 amide bonds. The first-order valence-electron chi connectivity index (χ1n) is 8.29. The number of hydrogen-bond acceptors (Lipinski definition) is 7. The van der Waals surface area contributed by atoms with Gasteiger partial charge in [0.25, 0.3) is 0 Å². The highest BCUT2D eigenvalue weighted by atomic mass is 32.1. The number of carbonyl (C=O) groups is 2. The zero-order valence-electron chi connectivity index (χ0n) is 15.6. The molecule has 0 bridgehead atoms. The van der Waals surface area contributed by atoms with Gasteiger partial charge in [-0.2, -0.15) is 0 Å². The van der Waals surface area contributed by atoms with Crippen molar-refractivity contribution in [1.29, 1.82) is 0 Å². The van der Waals surface area contributed by atoms with E-state index in [1.165, 1.54) is 28.4 Å². The zero-order chi connectivity index (χ0) is 20.7. The summed E-state index contributed by atoms with van der Waals surface area (Å²) >= 11 is 1.17. The number of rotatable bonds is 6. The number of benzene rings is 1. The van der Waals surface area contributed by atoms with Crippen molar-refractivity contribution in [2.75, 3.05) is 30.9 Å². The van der Waals surface area contributed by atoms with Crippen LogP contribution in [0.5, 0.6) is 5.75 Å². The zero-order valence-corrected chi connectivity index (χ0v) is 16.4. The fourth-order valence-electron chi connectivity index (χ4n) is 2.18. The van der Waals surface area contributed by atoms with E-state index in [2.05, 4.69) is 5.32 Å². The van der Waals surface area contributed by atoms with Crippen molar-refractivity contribution >= 4 is 44.7 Å². The third-order valence-corrected chi connectivity index (χ3v) is 4.73. The molecule has 2 N–H and O–H groups in total. The minimum absolute atomic E-state index is 0.272. The van der Waals surface area contributed by atoms with Crippen molar-refractivity contribution in [1.82, 2.24) is 0 Å². The lowest BCUT2D eigenvalue weighted by Crippen LogP contribution is -2.12. The van der Waals surface area contributed by atoms with Gasteiger partial charge >= 0.3 is 11.6 Å². The molecule has 9 heteroatoms. The Kier molecular flexibility index (Phi) is 7.16. The Morgan fingerprint density at radius 3 is 2.71 bits per heavy atom. The number of carboxylic acids is 1. The van der Waals surface area contributed by atoms with Crippen LogP contribution in [0.2, 0.25) is 0 Å². The molecule has 3 rings (SSSR count). The summed E-state index contributed by atoms with van der Waals surface area (Å²) in [4.78, 5) is 33.9. The Hall–Kier alpha value is -3.33. The summed E-state index contributed by atoms with van der Waals surface area (Å²) in [7, 11) is 3.44. The quantitative estimate of drug-likeness (QED) is 0.607. The summed E-state index contributed by atoms with van der Waals surface area (Å²) in [6, 6.07) is 10.7. The lowest BCUT2D eigenvalue weighted by Gasteiger charge is -2.04. The molecular weight excluding hydrogens is 384 g/mol. The van der Waals surface area contributed by atoms with E-state index >= 15 is 0 Å². The number of anilines is 2. The van der Waals surface area contributed by atoms with Gasteiger partial charge in [-0.15, -0.1) is 11.3 Å². The molecule has 0 saturated carbocycles. The van der Waals surface area contributed by atoms with Crippen LogP contribution in [0.4, 0.5) is 10.7 Å². The minimum atomic E-state index is -1.33. The highest BCUT2D eigenvalue weighted by molar-refractivity contribution is 7.22. The average molecular weight is 404 g/mol. The van der Waals surface area contributed by atoms with Crippen LogP contribution in [0, 0.1) is 0 Å². The van der Waals surface area contributed by atoms with Crippen LogP contribution >= 0.6 is 11.3 Å². The SMILES string of the molecule is CCOc1cccc(NC)c1.CN(C=O)c1cc2oc(=O)c(C(=O)O)cc2s1. The van der Waals surface area contributed by atoms with Gasteiger partial charge in [-0.3, -0.25) is 4.79 Å². The number of hydrogen-bond donors (Lipinski definition) is 2. The van der Waals surface area contributed by atoms with Gasteiger partial charge in [0.05, 0.1) is 11.3 Å². The second-order valence-corrected chi connectivity index (χ2v) is 6.56. The Morgan fingerprint density at radius 2 is 2.11 bits per heavy atom. The molecule has 0 fully saturated rings. The van der Waals surface area contributed by atoms with E-state index in [1.54, 1.807) is 7.05 Å². The van der Waals surface area contributed by atoms with Gasteiger partial charge in [0, 0.05) is 31.9 Å². The topological polar surface area (TPSA) is 109 Å². The molecule has 8 nitrogen and oxygen atoms in total. The summed E-state index contributed by atoms with van der Waals surface area (Å²) in [5.41, 5.74) is 0.0346. The Labute approximate surface area is 165 Å². The maximum Gasteiger partial charge on any atom is 0.351 e. The molecule has 0 aliphatic heterocycles. The molecule has 0 spiro atoms. The lowest BCUT2D eigenvalue weighted by molar-refractivity contribution is -0.107. The molecule has 0 aliphatic carbocycles. The van der Waals surface area contributed by atoms with Crippen molar-refractivity contribution in [3.8, 4) is 5.75 Å². The Bertz CT molecular complexity index is 1030. The molecule has 0 saturated heterocycles. The fourth-order valence-corrected chi connectivity index (χ4v) is 3.14. The summed E-state index contributed by atoms with van der Waals surface area (Å²) in [6.07, 6.45) is 0.612. The van der Waals surface area contributed by atoms with E-state index < -0.39 is 17.2 Å². The normalized spacial score (nSPS) is 9.96. The minimum Gasteiger partial charge on any atom is -0.494 e. The largest absolute Gasteiger partial charge is 0.494 e. The molecule has 3 aromatic rings. The van der Waals surface area contributed by atoms with E-state index in [0.29, 0.717) is 22.7 Å². The third-order valence-electron chi connectivity index (χ3n) is 3.58. The van der Waals surface area contributed by atoms with Crippen LogP contribution in [0.15, 0.2) is 45.6 Å². The molecule has 0 aliphatic rings. The number of fused-ring (bicyclic) bond motifs is 1. The number of aromatic carboxylic acids is 1. The first-order valence-corrected chi connectivity index (χ1v) is 9.11. The predicted octanol–water partition coefficient (Wildman–Crippen LogP) is 3.27. The maximum atomic E-state index is 11.3.